The van der Waals surface area contributed by atoms with Crippen LogP contribution in [-0.2, 0) is 16.4 Å². The number of rotatable bonds is 8. The number of nitrogens with one attached hydrogen (secondary N) is 1. The van der Waals surface area contributed by atoms with Crippen molar-refractivity contribution in [1.82, 2.24) is 5.32 Å². The zero-order chi connectivity index (χ0) is 14.3. The van der Waals surface area contributed by atoms with Crippen molar-refractivity contribution in [2.24, 2.45) is 11.1 Å². The summed E-state index contributed by atoms with van der Waals surface area (Å²) in [7, 11) is -3.58. The van der Waals surface area contributed by atoms with Gasteiger partial charge in [0, 0.05) is 0 Å². The molecule has 0 bridgehead atoms. The van der Waals surface area contributed by atoms with Crippen LogP contribution in [0.2, 0.25) is 0 Å². The zero-order valence-electron chi connectivity index (χ0n) is 11.7. The largest absolute Gasteiger partial charge is 0.316 e. The molecule has 0 radical (unpaired) electrons. The van der Waals surface area contributed by atoms with Gasteiger partial charge in [-0.1, -0.05) is 32.4 Å². The molecule has 108 valence electrons. The minimum absolute atomic E-state index is 0.167. The number of hydrogen-bond donors (Lipinski definition) is 2. The molecular formula is C14H24N2O2S. The molecule has 0 aromatic heterocycles. The molecule has 0 amide bonds. The number of sulfonamides is 1. The van der Waals surface area contributed by atoms with Gasteiger partial charge in [0.15, 0.2) is 0 Å². The van der Waals surface area contributed by atoms with E-state index < -0.39 is 10.0 Å². The summed E-state index contributed by atoms with van der Waals surface area (Å²) in [5.41, 5.74) is 1.11. The van der Waals surface area contributed by atoms with Crippen LogP contribution >= 0.6 is 0 Å². The molecule has 0 aliphatic rings. The average Bonchev–Trinajstić information content (AvgIpc) is 2.34. The van der Waals surface area contributed by atoms with Gasteiger partial charge in [-0.25, -0.2) is 13.6 Å². The Bertz CT molecular complexity index is 469. The zero-order valence-corrected chi connectivity index (χ0v) is 12.5. The lowest BCUT2D eigenvalue weighted by atomic mass is 10.1. The standard InChI is InChI=1S/C14H24N2O2S/c1-3-4-12(2)11-16-10-9-13-5-7-14(8-6-13)19(15,17)18/h5-8,12,16H,3-4,9-11H2,1-2H3,(H2,15,17,18). The SMILES string of the molecule is CCCC(C)CNCCc1ccc(S(N)(=O)=O)cc1. The van der Waals surface area contributed by atoms with E-state index in [-0.39, 0.29) is 4.90 Å². The summed E-state index contributed by atoms with van der Waals surface area (Å²) in [6, 6.07) is 6.75. The van der Waals surface area contributed by atoms with Crippen LogP contribution in [0.5, 0.6) is 0 Å². The smallest absolute Gasteiger partial charge is 0.238 e. The van der Waals surface area contributed by atoms with Crippen LogP contribution in [0.25, 0.3) is 0 Å². The van der Waals surface area contributed by atoms with Gasteiger partial charge in [0.2, 0.25) is 10.0 Å². The quantitative estimate of drug-likeness (QED) is 0.716. The van der Waals surface area contributed by atoms with Gasteiger partial charge < -0.3 is 5.32 Å². The molecule has 0 aliphatic carbocycles. The molecule has 1 aromatic rings. The summed E-state index contributed by atoms with van der Waals surface area (Å²) in [6.07, 6.45) is 3.36. The molecule has 1 unspecified atom stereocenters. The molecule has 5 heteroatoms. The molecule has 1 atom stereocenters. The van der Waals surface area contributed by atoms with E-state index in [9.17, 15) is 8.42 Å². The van der Waals surface area contributed by atoms with Gasteiger partial charge in [-0.2, -0.15) is 0 Å². The lowest BCUT2D eigenvalue weighted by Gasteiger charge is -2.11. The normalized spacial score (nSPS) is 13.4. The van der Waals surface area contributed by atoms with Gasteiger partial charge in [-0.15, -0.1) is 0 Å². The Hall–Kier alpha value is -0.910. The van der Waals surface area contributed by atoms with Crippen molar-refractivity contribution < 1.29 is 8.42 Å². The maximum absolute atomic E-state index is 11.1. The van der Waals surface area contributed by atoms with E-state index in [4.69, 9.17) is 5.14 Å². The highest BCUT2D eigenvalue weighted by molar-refractivity contribution is 7.89. The number of primary sulfonamides is 1. The Morgan fingerprint density at radius 1 is 1.26 bits per heavy atom. The van der Waals surface area contributed by atoms with E-state index in [0.29, 0.717) is 5.92 Å². The maximum Gasteiger partial charge on any atom is 0.238 e. The molecule has 3 N–H and O–H groups in total. The fourth-order valence-electron chi connectivity index (χ4n) is 2.02. The van der Waals surface area contributed by atoms with Crippen molar-refractivity contribution in [1.29, 1.82) is 0 Å². The molecule has 0 spiro atoms. The van der Waals surface area contributed by atoms with Crippen LogP contribution in [0.15, 0.2) is 29.2 Å². The predicted molar refractivity (Wildman–Crippen MR) is 78.5 cm³/mol. The summed E-state index contributed by atoms with van der Waals surface area (Å²) >= 11 is 0. The number of nitrogens with two attached hydrogens (primary N) is 1. The molecule has 0 heterocycles. The van der Waals surface area contributed by atoms with Crippen molar-refractivity contribution >= 4 is 10.0 Å². The van der Waals surface area contributed by atoms with Gasteiger partial charge in [-0.05, 0) is 49.5 Å². The Balaban J connectivity index is 2.35. The van der Waals surface area contributed by atoms with E-state index in [0.717, 1.165) is 25.1 Å². The monoisotopic (exact) mass is 284 g/mol. The molecule has 19 heavy (non-hydrogen) atoms. The highest BCUT2D eigenvalue weighted by atomic mass is 32.2. The van der Waals surface area contributed by atoms with Crippen LogP contribution in [-0.4, -0.2) is 21.5 Å². The highest BCUT2D eigenvalue weighted by Crippen LogP contribution is 2.09. The van der Waals surface area contributed by atoms with E-state index in [1.165, 1.54) is 12.8 Å². The second-order valence-electron chi connectivity index (χ2n) is 5.04. The van der Waals surface area contributed by atoms with Crippen LogP contribution < -0.4 is 10.5 Å². The lowest BCUT2D eigenvalue weighted by Crippen LogP contribution is -2.23. The maximum atomic E-state index is 11.1. The average molecular weight is 284 g/mol. The molecular weight excluding hydrogens is 260 g/mol. The van der Waals surface area contributed by atoms with Crippen LogP contribution in [0.4, 0.5) is 0 Å². The highest BCUT2D eigenvalue weighted by Gasteiger charge is 2.06. The van der Waals surface area contributed by atoms with E-state index >= 15 is 0 Å². The van der Waals surface area contributed by atoms with Crippen molar-refractivity contribution in [3.05, 3.63) is 29.8 Å². The molecule has 1 rings (SSSR count). The third kappa shape index (κ3) is 6.18. The molecule has 1 aromatic carbocycles. The Morgan fingerprint density at radius 3 is 2.42 bits per heavy atom. The topological polar surface area (TPSA) is 72.2 Å². The molecule has 0 fully saturated rings. The van der Waals surface area contributed by atoms with Crippen LogP contribution in [0.3, 0.4) is 0 Å². The van der Waals surface area contributed by atoms with Gasteiger partial charge in [-0.3, -0.25) is 0 Å². The van der Waals surface area contributed by atoms with Crippen LogP contribution in [0.1, 0.15) is 32.3 Å². The van der Waals surface area contributed by atoms with Crippen molar-refractivity contribution in [3.8, 4) is 0 Å². The van der Waals surface area contributed by atoms with Gasteiger partial charge in [0.05, 0.1) is 4.90 Å². The minimum atomic E-state index is -3.58. The second-order valence-corrected chi connectivity index (χ2v) is 6.60. The molecule has 4 nitrogen and oxygen atoms in total. The Morgan fingerprint density at radius 2 is 1.89 bits per heavy atom. The molecule has 0 aliphatic heterocycles. The summed E-state index contributed by atoms with van der Waals surface area (Å²) in [4.78, 5) is 0.167. The summed E-state index contributed by atoms with van der Waals surface area (Å²) in [6.45, 7) is 6.38. The molecule has 0 saturated heterocycles. The second kappa shape index (κ2) is 7.62. The summed E-state index contributed by atoms with van der Waals surface area (Å²) in [5, 5.41) is 8.47. The fourth-order valence-corrected chi connectivity index (χ4v) is 2.54. The van der Waals surface area contributed by atoms with Crippen LogP contribution in [0, 0.1) is 5.92 Å². The first kappa shape index (κ1) is 16.1. The third-order valence-electron chi connectivity index (χ3n) is 3.12. The third-order valence-corrected chi connectivity index (χ3v) is 4.05. The lowest BCUT2D eigenvalue weighted by molar-refractivity contribution is 0.478. The van der Waals surface area contributed by atoms with Crippen molar-refractivity contribution in [2.45, 2.75) is 38.0 Å². The summed E-state index contributed by atoms with van der Waals surface area (Å²) < 4.78 is 22.2. The van der Waals surface area contributed by atoms with Gasteiger partial charge in [0.1, 0.15) is 0 Å². The van der Waals surface area contributed by atoms with Crippen molar-refractivity contribution in [2.75, 3.05) is 13.1 Å². The first-order valence-corrected chi connectivity index (χ1v) is 8.30. The Labute approximate surface area is 116 Å². The fraction of sp³-hybridized carbons (Fsp3) is 0.571. The number of benzene rings is 1. The first-order chi connectivity index (χ1) is 8.93. The van der Waals surface area contributed by atoms with Crippen molar-refractivity contribution in [3.63, 3.8) is 0 Å². The van der Waals surface area contributed by atoms with E-state index in [1.807, 2.05) is 12.1 Å². The van der Waals surface area contributed by atoms with E-state index in [1.54, 1.807) is 12.1 Å². The molecule has 0 saturated carbocycles. The number of hydrogen-bond acceptors (Lipinski definition) is 3. The first-order valence-electron chi connectivity index (χ1n) is 6.76. The summed E-state index contributed by atoms with van der Waals surface area (Å²) in [5.74, 6) is 0.703. The van der Waals surface area contributed by atoms with Gasteiger partial charge in [0.25, 0.3) is 0 Å². The predicted octanol–water partition coefficient (Wildman–Crippen LogP) is 1.90. The minimum Gasteiger partial charge on any atom is -0.316 e. The van der Waals surface area contributed by atoms with E-state index in [2.05, 4.69) is 19.2 Å². The Kier molecular flexibility index (Phi) is 6.48. The van der Waals surface area contributed by atoms with Gasteiger partial charge >= 0.3 is 0 Å².